The zero-order chi connectivity index (χ0) is 18.8. The van der Waals surface area contributed by atoms with E-state index in [1.54, 1.807) is 0 Å². The van der Waals surface area contributed by atoms with E-state index in [1.165, 1.54) is 5.56 Å². The molecule has 5 heteroatoms. The van der Waals surface area contributed by atoms with Gasteiger partial charge in [-0.05, 0) is 37.8 Å². The summed E-state index contributed by atoms with van der Waals surface area (Å²) in [5, 5.41) is 0. The number of ether oxygens (including phenoxy) is 1. The fourth-order valence-corrected chi connectivity index (χ4v) is 4.09. The lowest BCUT2D eigenvalue weighted by atomic mass is 9.96. The maximum absolute atomic E-state index is 13.0. The van der Waals surface area contributed by atoms with Gasteiger partial charge in [0.1, 0.15) is 0 Å². The van der Waals surface area contributed by atoms with Crippen LogP contribution in [0.1, 0.15) is 52.0 Å². The van der Waals surface area contributed by atoms with Crippen LogP contribution >= 0.6 is 0 Å². The lowest BCUT2D eigenvalue weighted by molar-refractivity contribution is -0.147. The lowest BCUT2D eigenvalue weighted by Gasteiger charge is -2.36. The van der Waals surface area contributed by atoms with Crippen LogP contribution < -0.4 is 4.90 Å². The summed E-state index contributed by atoms with van der Waals surface area (Å²) in [5.41, 5.74) is 2.15. The van der Waals surface area contributed by atoms with E-state index in [9.17, 15) is 9.59 Å². The Bertz CT molecular complexity index is 665. The first-order valence-electron chi connectivity index (χ1n) is 9.74. The smallest absolute Gasteiger partial charge is 0.228 e. The molecule has 2 saturated heterocycles. The zero-order valence-electron chi connectivity index (χ0n) is 16.3. The van der Waals surface area contributed by atoms with Gasteiger partial charge in [-0.25, -0.2) is 0 Å². The number of carbonyl (C=O) groups is 2. The number of benzene rings is 1. The SMILES string of the molecule is CCC(C)c1ccccc1N1CC(C(=O)N2CC(C)OC(C)C2)CC1=O. The van der Waals surface area contributed by atoms with Gasteiger partial charge in [0.25, 0.3) is 0 Å². The van der Waals surface area contributed by atoms with E-state index >= 15 is 0 Å². The first-order valence-corrected chi connectivity index (χ1v) is 9.74. The van der Waals surface area contributed by atoms with Gasteiger partial charge in [0.05, 0.1) is 18.1 Å². The highest BCUT2D eigenvalue weighted by Crippen LogP contribution is 2.34. The van der Waals surface area contributed by atoms with Gasteiger partial charge in [-0.2, -0.15) is 0 Å². The molecule has 1 aromatic rings. The summed E-state index contributed by atoms with van der Waals surface area (Å²) in [7, 11) is 0. The Kier molecular flexibility index (Phi) is 5.66. The van der Waals surface area contributed by atoms with Crippen molar-refractivity contribution in [2.45, 2.75) is 58.7 Å². The van der Waals surface area contributed by atoms with E-state index in [2.05, 4.69) is 19.9 Å². The largest absolute Gasteiger partial charge is 0.372 e. The van der Waals surface area contributed by atoms with Crippen LogP contribution in [0.25, 0.3) is 0 Å². The number of rotatable bonds is 4. The van der Waals surface area contributed by atoms with Gasteiger partial charge in [0.2, 0.25) is 11.8 Å². The van der Waals surface area contributed by atoms with E-state index in [0.29, 0.717) is 32.0 Å². The van der Waals surface area contributed by atoms with Crippen LogP contribution in [-0.4, -0.2) is 48.6 Å². The highest BCUT2D eigenvalue weighted by atomic mass is 16.5. The predicted molar refractivity (Wildman–Crippen MR) is 102 cm³/mol. The third-order valence-electron chi connectivity index (χ3n) is 5.58. The van der Waals surface area contributed by atoms with Crippen molar-refractivity contribution in [1.29, 1.82) is 0 Å². The number of hydrogen-bond acceptors (Lipinski definition) is 3. The average molecular weight is 358 g/mol. The van der Waals surface area contributed by atoms with Crippen molar-refractivity contribution in [3.8, 4) is 0 Å². The molecule has 0 N–H and O–H groups in total. The quantitative estimate of drug-likeness (QED) is 0.830. The molecule has 2 heterocycles. The van der Waals surface area contributed by atoms with Crippen LogP contribution in [-0.2, 0) is 14.3 Å². The maximum Gasteiger partial charge on any atom is 0.228 e. The number of hydrogen-bond donors (Lipinski definition) is 0. The molecule has 0 aliphatic carbocycles. The Balaban J connectivity index is 1.76. The van der Waals surface area contributed by atoms with Gasteiger partial charge in [0, 0.05) is 31.7 Å². The Morgan fingerprint density at radius 3 is 2.50 bits per heavy atom. The van der Waals surface area contributed by atoms with E-state index in [1.807, 2.05) is 41.8 Å². The molecule has 5 nitrogen and oxygen atoms in total. The summed E-state index contributed by atoms with van der Waals surface area (Å²) in [5.74, 6) is 0.261. The molecule has 2 amide bonds. The molecule has 4 atom stereocenters. The number of para-hydroxylation sites is 1. The minimum Gasteiger partial charge on any atom is -0.372 e. The number of anilines is 1. The molecule has 142 valence electrons. The normalized spacial score (nSPS) is 27.7. The van der Waals surface area contributed by atoms with Gasteiger partial charge in [0.15, 0.2) is 0 Å². The van der Waals surface area contributed by atoms with Gasteiger partial charge in [-0.1, -0.05) is 32.0 Å². The second-order valence-corrected chi connectivity index (χ2v) is 7.77. The van der Waals surface area contributed by atoms with Gasteiger partial charge in [-0.15, -0.1) is 0 Å². The van der Waals surface area contributed by atoms with Gasteiger partial charge in [-0.3, -0.25) is 9.59 Å². The minimum atomic E-state index is -0.259. The Hall–Kier alpha value is -1.88. The molecule has 2 aliphatic heterocycles. The minimum absolute atomic E-state index is 0.0436. The van der Waals surface area contributed by atoms with Crippen molar-refractivity contribution in [1.82, 2.24) is 4.90 Å². The van der Waals surface area contributed by atoms with Gasteiger partial charge < -0.3 is 14.5 Å². The standard InChI is InChI=1S/C21H30N2O3/c1-5-14(2)18-8-6-7-9-19(18)23-13-17(10-20(23)24)21(25)22-11-15(3)26-16(4)12-22/h6-9,14-17H,5,10-13H2,1-4H3. The number of carbonyl (C=O) groups excluding carboxylic acids is 2. The van der Waals surface area contributed by atoms with Crippen LogP contribution in [0.4, 0.5) is 5.69 Å². The zero-order valence-corrected chi connectivity index (χ0v) is 16.3. The summed E-state index contributed by atoms with van der Waals surface area (Å²) in [6.07, 6.45) is 1.41. The summed E-state index contributed by atoms with van der Waals surface area (Å²) in [6.45, 7) is 10.0. The first-order chi connectivity index (χ1) is 12.4. The number of nitrogens with zero attached hydrogens (tertiary/aromatic N) is 2. The van der Waals surface area contributed by atoms with Crippen LogP contribution in [0.3, 0.4) is 0 Å². The van der Waals surface area contributed by atoms with Crippen molar-refractivity contribution in [2.75, 3.05) is 24.5 Å². The maximum atomic E-state index is 13.0. The van der Waals surface area contributed by atoms with Crippen molar-refractivity contribution < 1.29 is 14.3 Å². The van der Waals surface area contributed by atoms with E-state index < -0.39 is 0 Å². The van der Waals surface area contributed by atoms with E-state index in [-0.39, 0.29) is 29.9 Å². The third-order valence-corrected chi connectivity index (χ3v) is 5.58. The predicted octanol–water partition coefficient (Wildman–Crippen LogP) is 3.19. The Labute approximate surface area is 156 Å². The molecule has 0 saturated carbocycles. The lowest BCUT2D eigenvalue weighted by Crippen LogP contribution is -2.50. The van der Waals surface area contributed by atoms with Crippen molar-refractivity contribution >= 4 is 17.5 Å². The van der Waals surface area contributed by atoms with Gasteiger partial charge >= 0.3 is 0 Å². The molecular weight excluding hydrogens is 328 g/mol. The molecule has 3 rings (SSSR count). The summed E-state index contributed by atoms with van der Waals surface area (Å²) in [4.78, 5) is 29.4. The fourth-order valence-electron chi connectivity index (χ4n) is 4.09. The van der Waals surface area contributed by atoms with Crippen LogP contribution in [0.2, 0.25) is 0 Å². The first kappa shape index (κ1) is 18.9. The topological polar surface area (TPSA) is 49.9 Å². The molecule has 1 aromatic carbocycles. The molecular formula is C21H30N2O3. The molecule has 0 aromatic heterocycles. The molecule has 26 heavy (non-hydrogen) atoms. The van der Waals surface area contributed by atoms with Crippen LogP contribution in [0, 0.1) is 5.92 Å². The molecule has 2 fully saturated rings. The van der Waals surface area contributed by atoms with Crippen LogP contribution in [0.5, 0.6) is 0 Å². The second-order valence-electron chi connectivity index (χ2n) is 7.77. The van der Waals surface area contributed by atoms with Crippen molar-refractivity contribution in [3.63, 3.8) is 0 Å². The van der Waals surface area contributed by atoms with Crippen molar-refractivity contribution in [2.24, 2.45) is 5.92 Å². The Morgan fingerprint density at radius 2 is 1.85 bits per heavy atom. The summed E-state index contributed by atoms with van der Waals surface area (Å²) < 4.78 is 5.72. The van der Waals surface area contributed by atoms with E-state index in [0.717, 1.165) is 12.1 Å². The summed E-state index contributed by atoms with van der Waals surface area (Å²) >= 11 is 0. The Morgan fingerprint density at radius 1 is 1.19 bits per heavy atom. The van der Waals surface area contributed by atoms with Crippen molar-refractivity contribution in [3.05, 3.63) is 29.8 Å². The molecule has 2 aliphatic rings. The molecule has 0 bridgehead atoms. The molecule has 0 radical (unpaired) electrons. The average Bonchev–Trinajstić information content (AvgIpc) is 3.01. The highest BCUT2D eigenvalue weighted by molar-refractivity contribution is 6.01. The summed E-state index contributed by atoms with van der Waals surface area (Å²) in [6, 6.07) is 8.09. The highest BCUT2D eigenvalue weighted by Gasteiger charge is 2.39. The number of morpholine rings is 1. The van der Waals surface area contributed by atoms with E-state index in [4.69, 9.17) is 4.74 Å². The molecule has 4 unspecified atom stereocenters. The number of amides is 2. The second kappa shape index (κ2) is 7.78. The van der Waals surface area contributed by atoms with Crippen LogP contribution in [0.15, 0.2) is 24.3 Å². The fraction of sp³-hybridized carbons (Fsp3) is 0.619. The third kappa shape index (κ3) is 3.78. The monoisotopic (exact) mass is 358 g/mol. The molecule has 0 spiro atoms.